The average Bonchev–Trinajstić information content (AvgIpc) is 2.79. The number of hydrogen-bond acceptors (Lipinski definition) is 5. The highest BCUT2D eigenvalue weighted by atomic mass is 16.3. The molecule has 0 bridgehead atoms. The van der Waals surface area contributed by atoms with Crippen LogP contribution in [0.4, 0.5) is 0 Å². The smallest absolute Gasteiger partial charge is 0.259 e. The summed E-state index contributed by atoms with van der Waals surface area (Å²) in [6.45, 7) is 2.01. The second-order valence-electron chi connectivity index (χ2n) is 6.87. The van der Waals surface area contributed by atoms with Gasteiger partial charge in [0, 0.05) is 12.4 Å². The Kier molecular flexibility index (Phi) is 5.48. The van der Waals surface area contributed by atoms with Crippen LogP contribution in [0.1, 0.15) is 33.1 Å². The number of hydrogen-bond donors (Lipinski definition) is 2. The van der Waals surface area contributed by atoms with Crippen molar-refractivity contribution in [3.63, 3.8) is 0 Å². The SMILES string of the molecule is Cc1ccc(C(NC(=O)c2cnc(-c3ccccn3)nc2O)c2ccccc2)cc1. The van der Waals surface area contributed by atoms with Crippen LogP contribution in [0.2, 0.25) is 0 Å². The Labute approximate surface area is 174 Å². The molecule has 0 saturated carbocycles. The lowest BCUT2D eigenvalue weighted by Crippen LogP contribution is -2.29. The van der Waals surface area contributed by atoms with E-state index in [1.807, 2.05) is 61.5 Å². The Hall–Kier alpha value is -4.06. The molecule has 4 aromatic rings. The third-order valence-electron chi connectivity index (χ3n) is 4.73. The van der Waals surface area contributed by atoms with Crippen molar-refractivity contribution in [1.29, 1.82) is 0 Å². The number of aromatic hydroxyl groups is 1. The summed E-state index contributed by atoms with van der Waals surface area (Å²) in [6.07, 6.45) is 2.93. The van der Waals surface area contributed by atoms with Gasteiger partial charge in [0.15, 0.2) is 5.82 Å². The number of rotatable bonds is 5. The Balaban J connectivity index is 1.63. The fourth-order valence-corrected chi connectivity index (χ4v) is 3.12. The van der Waals surface area contributed by atoms with Gasteiger partial charge in [-0.25, -0.2) is 4.98 Å². The molecule has 1 amide bonds. The molecule has 0 saturated heterocycles. The topological polar surface area (TPSA) is 88.0 Å². The molecule has 0 aliphatic carbocycles. The van der Waals surface area contributed by atoms with Gasteiger partial charge in [-0.15, -0.1) is 0 Å². The lowest BCUT2D eigenvalue weighted by Gasteiger charge is -2.20. The highest BCUT2D eigenvalue weighted by Crippen LogP contribution is 2.24. The molecule has 0 radical (unpaired) electrons. The molecule has 1 unspecified atom stereocenters. The number of amides is 1. The normalized spacial score (nSPS) is 11.6. The van der Waals surface area contributed by atoms with E-state index in [9.17, 15) is 9.90 Å². The standard InChI is InChI=1S/C24H20N4O2/c1-16-10-12-18(13-11-16)21(17-7-3-2-4-8-17)27-23(29)19-15-26-22(28-24(19)30)20-9-5-6-14-25-20/h2-15,21H,1H3,(H,27,29)(H,26,28,30). The maximum atomic E-state index is 13.0. The molecule has 2 heterocycles. The van der Waals surface area contributed by atoms with Crippen LogP contribution in [-0.4, -0.2) is 26.0 Å². The van der Waals surface area contributed by atoms with Crippen LogP contribution in [0.25, 0.3) is 11.5 Å². The van der Waals surface area contributed by atoms with Crippen LogP contribution in [-0.2, 0) is 0 Å². The van der Waals surface area contributed by atoms with E-state index in [1.165, 1.54) is 6.20 Å². The summed E-state index contributed by atoms with van der Waals surface area (Å²) < 4.78 is 0. The number of aromatic nitrogens is 3. The van der Waals surface area contributed by atoms with E-state index in [4.69, 9.17) is 0 Å². The zero-order valence-corrected chi connectivity index (χ0v) is 16.4. The Bertz CT molecular complexity index is 1150. The zero-order valence-electron chi connectivity index (χ0n) is 16.4. The maximum absolute atomic E-state index is 13.0. The molecule has 0 aliphatic heterocycles. The summed E-state index contributed by atoms with van der Waals surface area (Å²) in [5.74, 6) is -0.601. The van der Waals surface area contributed by atoms with Crippen molar-refractivity contribution in [3.05, 3.63) is 107 Å². The van der Waals surface area contributed by atoms with E-state index in [1.54, 1.807) is 24.4 Å². The van der Waals surface area contributed by atoms with Gasteiger partial charge in [-0.05, 0) is 30.2 Å². The van der Waals surface area contributed by atoms with Gasteiger partial charge in [0.1, 0.15) is 11.3 Å². The summed E-state index contributed by atoms with van der Waals surface area (Å²) in [7, 11) is 0. The van der Waals surface area contributed by atoms with Gasteiger partial charge in [-0.2, -0.15) is 4.98 Å². The van der Waals surface area contributed by atoms with Gasteiger partial charge in [-0.3, -0.25) is 9.78 Å². The second-order valence-corrected chi connectivity index (χ2v) is 6.87. The van der Waals surface area contributed by atoms with E-state index in [2.05, 4.69) is 20.3 Å². The van der Waals surface area contributed by atoms with Crippen LogP contribution in [0.15, 0.2) is 85.2 Å². The fraction of sp³-hybridized carbons (Fsp3) is 0.0833. The molecule has 6 heteroatoms. The number of nitrogens with zero attached hydrogens (tertiary/aromatic N) is 3. The van der Waals surface area contributed by atoms with Crippen LogP contribution >= 0.6 is 0 Å². The largest absolute Gasteiger partial charge is 0.493 e. The lowest BCUT2D eigenvalue weighted by atomic mass is 9.97. The fourth-order valence-electron chi connectivity index (χ4n) is 3.12. The van der Waals surface area contributed by atoms with Gasteiger partial charge in [0.25, 0.3) is 5.91 Å². The molecular weight excluding hydrogens is 376 g/mol. The summed E-state index contributed by atoms with van der Waals surface area (Å²) in [6, 6.07) is 22.6. The zero-order chi connectivity index (χ0) is 20.9. The number of carbonyl (C=O) groups is 1. The van der Waals surface area contributed by atoms with E-state index in [0.29, 0.717) is 5.69 Å². The number of carbonyl (C=O) groups excluding carboxylic acids is 1. The Morgan fingerprint density at radius 3 is 2.27 bits per heavy atom. The number of aryl methyl sites for hydroxylation is 1. The van der Waals surface area contributed by atoms with Crippen LogP contribution in [0, 0.1) is 6.92 Å². The Morgan fingerprint density at radius 1 is 0.900 bits per heavy atom. The maximum Gasteiger partial charge on any atom is 0.259 e. The minimum Gasteiger partial charge on any atom is -0.493 e. The second kappa shape index (κ2) is 8.53. The first-order valence-electron chi connectivity index (χ1n) is 9.51. The molecule has 2 aromatic carbocycles. The van der Waals surface area contributed by atoms with E-state index in [-0.39, 0.29) is 23.3 Å². The average molecular weight is 396 g/mol. The first-order valence-corrected chi connectivity index (χ1v) is 9.51. The molecule has 4 rings (SSSR count). The molecular formula is C24H20N4O2. The molecule has 0 aliphatic rings. The van der Waals surface area contributed by atoms with Crippen molar-refractivity contribution < 1.29 is 9.90 Å². The van der Waals surface area contributed by atoms with E-state index >= 15 is 0 Å². The van der Waals surface area contributed by atoms with Crippen LogP contribution < -0.4 is 5.32 Å². The van der Waals surface area contributed by atoms with Gasteiger partial charge < -0.3 is 10.4 Å². The highest BCUT2D eigenvalue weighted by molar-refractivity contribution is 5.96. The lowest BCUT2D eigenvalue weighted by molar-refractivity contribution is 0.0939. The summed E-state index contributed by atoms with van der Waals surface area (Å²) in [4.78, 5) is 25.4. The molecule has 2 aromatic heterocycles. The van der Waals surface area contributed by atoms with Gasteiger partial charge >= 0.3 is 0 Å². The minimum atomic E-state index is -0.463. The minimum absolute atomic E-state index is 0.00252. The quantitative estimate of drug-likeness (QED) is 0.531. The van der Waals surface area contributed by atoms with E-state index in [0.717, 1.165) is 16.7 Å². The first kappa shape index (κ1) is 19.3. The summed E-state index contributed by atoms with van der Waals surface area (Å²) in [5, 5.41) is 13.4. The van der Waals surface area contributed by atoms with Crippen molar-refractivity contribution in [3.8, 4) is 17.4 Å². The van der Waals surface area contributed by atoms with Gasteiger partial charge in [-0.1, -0.05) is 66.2 Å². The molecule has 2 N–H and O–H groups in total. The first-order chi connectivity index (χ1) is 14.6. The molecule has 0 spiro atoms. The monoisotopic (exact) mass is 396 g/mol. The predicted octanol–water partition coefficient (Wildman–Crippen LogP) is 4.07. The number of benzene rings is 2. The molecule has 0 fully saturated rings. The Morgan fingerprint density at radius 2 is 1.60 bits per heavy atom. The number of pyridine rings is 1. The highest BCUT2D eigenvalue weighted by Gasteiger charge is 2.21. The third-order valence-corrected chi connectivity index (χ3v) is 4.73. The van der Waals surface area contributed by atoms with E-state index < -0.39 is 5.91 Å². The predicted molar refractivity (Wildman–Crippen MR) is 114 cm³/mol. The van der Waals surface area contributed by atoms with Crippen molar-refractivity contribution in [2.45, 2.75) is 13.0 Å². The summed E-state index contributed by atoms with van der Waals surface area (Å²) >= 11 is 0. The van der Waals surface area contributed by atoms with Crippen molar-refractivity contribution >= 4 is 5.91 Å². The molecule has 6 nitrogen and oxygen atoms in total. The van der Waals surface area contributed by atoms with Crippen LogP contribution in [0.5, 0.6) is 5.88 Å². The van der Waals surface area contributed by atoms with Crippen LogP contribution in [0.3, 0.4) is 0 Å². The van der Waals surface area contributed by atoms with Crippen molar-refractivity contribution in [2.24, 2.45) is 0 Å². The summed E-state index contributed by atoms with van der Waals surface area (Å²) in [5.41, 5.74) is 3.52. The van der Waals surface area contributed by atoms with Gasteiger partial charge in [0.05, 0.1) is 6.04 Å². The number of nitrogens with one attached hydrogen (secondary N) is 1. The molecule has 148 valence electrons. The molecule has 30 heavy (non-hydrogen) atoms. The third kappa shape index (κ3) is 4.17. The molecule has 1 atom stereocenters. The van der Waals surface area contributed by atoms with Crippen molar-refractivity contribution in [1.82, 2.24) is 20.3 Å². The van der Waals surface area contributed by atoms with Gasteiger partial charge in [0.2, 0.25) is 5.88 Å². The van der Waals surface area contributed by atoms with Crippen molar-refractivity contribution in [2.75, 3.05) is 0 Å².